The molecule has 6 heteroatoms. The van der Waals surface area contributed by atoms with Crippen molar-refractivity contribution < 1.29 is 24.5 Å². The van der Waals surface area contributed by atoms with Crippen LogP contribution in [0.25, 0.3) is 0 Å². The van der Waals surface area contributed by atoms with Crippen LogP contribution < -0.4 is 5.32 Å². The van der Waals surface area contributed by atoms with E-state index in [9.17, 15) is 19.8 Å². The standard InChI is InChI=1S/C69H133NO5/c1-3-5-7-9-11-13-15-17-34-39-43-47-51-55-59-63-69(74)75-64-60-56-52-48-44-40-36-33-31-29-27-25-23-21-19-18-20-22-24-26-28-30-32-35-38-42-46-50-54-58-62-68(73)70-66(65-71)67(72)61-57-53-49-45-41-37-16-14-12-10-8-6-4-2/h17,34,57,61,66-67,71-72H,3-16,18-33,35-56,58-60,62-65H2,1-2H3,(H,70,73)/b34-17-,61-57+. The van der Waals surface area contributed by atoms with E-state index in [1.807, 2.05) is 6.08 Å². The molecule has 0 aliphatic heterocycles. The Bertz CT molecular complexity index is 1170. The molecule has 0 heterocycles. The molecule has 6 nitrogen and oxygen atoms in total. The quantitative estimate of drug-likeness (QED) is 0.0320. The minimum absolute atomic E-state index is 0.0123. The van der Waals surface area contributed by atoms with Crippen molar-refractivity contribution in [2.24, 2.45) is 0 Å². The molecular formula is C69H133NO5. The molecule has 0 aliphatic rings. The smallest absolute Gasteiger partial charge is 0.305 e. The molecule has 0 aromatic carbocycles. The maximum atomic E-state index is 12.5. The Morgan fingerprint density at radius 3 is 0.947 bits per heavy atom. The van der Waals surface area contributed by atoms with Crippen LogP contribution in [-0.2, 0) is 14.3 Å². The van der Waals surface area contributed by atoms with E-state index in [0.717, 1.165) is 44.9 Å². The van der Waals surface area contributed by atoms with Gasteiger partial charge in [0.15, 0.2) is 0 Å². The average Bonchev–Trinajstić information content (AvgIpc) is 3.41. The van der Waals surface area contributed by atoms with Crippen molar-refractivity contribution in [3.05, 3.63) is 24.3 Å². The Labute approximate surface area is 469 Å². The Balaban J connectivity index is 3.33. The van der Waals surface area contributed by atoms with Crippen LogP contribution in [0.1, 0.15) is 380 Å². The normalized spacial score (nSPS) is 12.6. The number of esters is 1. The van der Waals surface area contributed by atoms with Crippen molar-refractivity contribution in [2.45, 2.75) is 392 Å². The summed E-state index contributed by atoms with van der Waals surface area (Å²) in [4.78, 5) is 24.5. The van der Waals surface area contributed by atoms with E-state index in [-0.39, 0.29) is 18.5 Å². The first-order chi connectivity index (χ1) is 37.0. The maximum Gasteiger partial charge on any atom is 0.305 e. The van der Waals surface area contributed by atoms with Crippen LogP contribution in [0, 0.1) is 0 Å². The van der Waals surface area contributed by atoms with E-state index in [4.69, 9.17) is 4.74 Å². The lowest BCUT2D eigenvalue weighted by atomic mass is 10.0. The zero-order valence-electron chi connectivity index (χ0n) is 50.8. The molecule has 444 valence electrons. The Kier molecular flexibility index (Phi) is 63.4. The van der Waals surface area contributed by atoms with Gasteiger partial charge in [0.05, 0.1) is 25.4 Å². The monoisotopic (exact) mass is 1060 g/mol. The summed E-state index contributed by atoms with van der Waals surface area (Å²) >= 11 is 0. The van der Waals surface area contributed by atoms with Crippen molar-refractivity contribution in [3.8, 4) is 0 Å². The fraction of sp³-hybridized carbons (Fsp3) is 0.913. The Hall–Kier alpha value is -1.66. The molecule has 3 N–H and O–H groups in total. The molecule has 0 rings (SSSR count). The van der Waals surface area contributed by atoms with Crippen molar-refractivity contribution in [1.29, 1.82) is 0 Å². The van der Waals surface area contributed by atoms with Gasteiger partial charge in [0.25, 0.3) is 0 Å². The fourth-order valence-corrected chi connectivity index (χ4v) is 10.7. The minimum atomic E-state index is -0.840. The number of ether oxygens (including phenoxy) is 1. The summed E-state index contributed by atoms with van der Waals surface area (Å²) in [7, 11) is 0. The number of aliphatic hydroxyl groups excluding tert-OH is 2. The average molecular weight is 1060 g/mol. The summed E-state index contributed by atoms with van der Waals surface area (Å²) in [5, 5.41) is 23.1. The molecule has 0 aliphatic carbocycles. The third kappa shape index (κ3) is 61.4. The van der Waals surface area contributed by atoms with Gasteiger partial charge >= 0.3 is 5.97 Å². The molecule has 0 radical (unpaired) electrons. The van der Waals surface area contributed by atoms with Gasteiger partial charge in [0.1, 0.15) is 0 Å². The van der Waals surface area contributed by atoms with Crippen LogP contribution in [0.5, 0.6) is 0 Å². The number of hydrogen-bond donors (Lipinski definition) is 3. The van der Waals surface area contributed by atoms with Gasteiger partial charge in [0.2, 0.25) is 5.91 Å². The van der Waals surface area contributed by atoms with E-state index in [1.165, 1.54) is 308 Å². The summed E-state index contributed by atoms with van der Waals surface area (Å²) in [5.74, 6) is -0.0504. The van der Waals surface area contributed by atoms with E-state index in [1.54, 1.807) is 6.08 Å². The number of hydrogen-bond acceptors (Lipinski definition) is 5. The molecule has 0 aromatic heterocycles. The van der Waals surface area contributed by atoms with Gasteiger partial charge in [-0.05, 0) is 57.8 Å². The number of aliphatic hydroxyl groups is 2. The molecule has 0 spiro atoms. The lowest BCUT2D eigenvalue weighted by molar-refractivity contribution is -0.143. The zero-order valence-corrected chi connectivity index (χ0v) is 50.8. The molecular weight excluding hydrogens is 923 g/mol. The van der Waals surface area contributed by atoms with Gasteiger partial charge in [-0.25, -0.2) is 0 Å². The third-order valence-electron chi connectivity index (χ3n) is 16.0. The highest BCUT2D eigenvalue weighted by Crippen LogP contribution is 2.18. The van der Waals surface area contributed by atoms with Crippen molar-refractivity contribution in [3.63, 3.8) is 0 Å². The molecule has 0 bridgehead atoms. The second-order valence-corrected chi connectivity index (χ2v) is 23.5. The highest BCUT2D eigenvalue weighted by molar-refractivity contribution is 5.76. The van der Waals surface area contributed by atoms with Gasteiger partial charge in [-0.15, -0.1) is 0 Å². The summed E-state index contributed by atoms with van der Waals surface area (Å²) in [6.07, 6.45) is 81.1. The summed E-state index contributed by atoms with van der Waals surface area (Å²) < 4.78 is 5.49. The molecule has 2 atom stereocenters. The molecule has 0 saturated heterocycles. The maximum absolute atomic E-state index is 12.5. The van der Waals surface area contributed by atoms with Crippen molar-refractivity contribution in [1.82, 2.24) is 5.32 Å². The zero-order chi connectivity index (χ0) is 54.3. The van der Waals surface area contributed by atoms with Crippen LogP contribution in [0.4, 0.5) is 0 Å². The third-order valence-corrected chi connectivity index (χ3v) is 16.0. The largest absolute Gasteiger partial charge is 0.466 e. The highest BCUT2D eigenvalue weighted by atomic mass is 16.5. The van der Waals surface area contributed by atoms with Crippen LogP contribution in [0.3, 0.4) is 0 Å². The second kappa shape index (κ2) is 64.9. The number of rotatable bonds is 64. The lowest BCUT2D eigenvalue weighted by Gasteiger charge is -2.20. The van der Waals surface area contributed by atoms with Gasteiger partial charge in [-0.1, -0.05) is 334 Å². The number of carbonyl (C=O) groups excluding carboxylic acids is 2. The summed E-state index contributed by atoms with van der Waals surface area (Å²) in [6.45, 7) is 4.92. The molecule has 0 saturated carbocycles. The second-order valence-electron chi connectivity index (χ2n) is 23.5. The number of unbranched alkanes of at least 4 members (excludes halogenated alkanes) is 51. The fourth-order valence-electron chi connectivity index (χ4n) is 10.7. The first kappa shape index (κ1) is 73.3. The molecule has 1 amide bonds. The van der Waals surface area contributed by atoms with Gasteiger partial charge in [0, 0.05) is 12.8 Å². The number of allylic oxidation sites excluding steroid dienone is 3. The summed E-state index contributed by atoms with van der Waals surface area (Å²) in [6, 6.07) is -0.624. The topological polar surface area (TPSA) is 95.9 Å². The predicted octanol–water partition coefficient (Wildman–Crippen LogP) is 21.8. The highest BCUT2D eigenvalue weighted by Gasteiger charge is 2.18. The first-order valence-corrected chi connectivity index (χ1v) is 34.1. The van der Waals surface area contributed by atoms with Gasteiger partial charge in [-0.2, -0.15) is 0 Å². The Morgan fingerprint density at radius 2 is 0.627 bits per heavy atom. The van der Waals surface area contributed by atoms with Crippen LogP contribution >= 0.6 is 0 Å². The molecule has 2 unspecified atom stereocenters. The van der Waals surface area contributed by atoms with E-state index < -0.39 is 12.1 Å². The molecule has 0 aromatic rings. The van der Waals surface area contributed by atoms with E-state index >= 15 is 0 Å². The Morgan fingerprint density at radius 1 is 0.360 bits per heavy atom. The van der Waals surface area contributed by atoms with Gasteiger partial charge < -0.3 is 20.3 Å². The minimum Gasteiger partial charge on any atom is -0.466 e. The van der Waals surface area contributed by atoms with E-state index in [2.05, 4.69) is 31.3 Å². The van der Waals surface area contributed by atoms with Crippen LogP contribution in [-0.4, -0.2) is 47.4 Å². The number of carbonyl (C=O) groups is 2. The molecule has 0 fully saturated rings. The SMILES string of the molecule is CCCCCCCC/C=C\CCCCCCCC(=O)OCCCCCCCCCCCCCCCCCCCCCCCCCCCCCCCCC(=O)NC(CO)C(O)/C=C/CCCCCCCCCCCCC. The number of nitrogens with one attached hydrogen (secondary N) is 1. The predicted molar refractivity (Wildman–Crippen MR) is 329 cm³/mol. The number of amides is 1. The first-order valence-electron chi connectivity index (χ1n) is 34.1. The van der Waals surface area contributed by atoms with Crippen LogP contribution in [0.15, 0.2) is 24.3 Å². The van der Waals surface area contributed by atoms with Crippen molar-refractivity contribution >= 4 is 11.9 Å². The molecule has 75 heavy (non-hydrogen) atoms. The van der Waals surface area contributed by atoms with Gasteiger partial charge in [-0.3, -0.25) is 9.59 Å². The lowest BCUT2D eigenvalue weighted by Crippen LogP contribution is -2.45. The summed E-state index contributed by atoms with van der Waals surface area (Å²) in [5.41, 5.74) is 0. The van der Waals surface area contributed by atoms with Crippen molar-refractivity contribution in [2.75, 3.05) is 13.2 Å². The van der Waals surface area contributed by atoms with E-state index in [0.29, 0.717) is 19.4 Å². The van der Waals surface area contributed by atoms with Crippen LogP contribution in [0.2, 0.25) is 0 Å².